The second kappa shape index (κ2) is 4.65. The normalized spacial score (nSPS) is 14.9. The fourth-order valence-corrected chi connectivity index (χ4v) is 1.92. The number of imidazole rings is 1. The van der Waals surface area contributed by atoms with Crippen LogP contribution in [0.2, 0.25) is 0 Å². The molecule has 0 saturated heterocycles. The number of alkyl halides is 1. The molecular formula is C10H14ClN5. The van der Waals surface area contributed by atoms with Crippen LogP contribution in [0.4, 0.5) is 5.82 Å². The number of fused-ring (bicyclic) bond motifs is 1. The quantitative estimate of drug-likeness (QED) is 0.803. The van der Waals surface area contributed by atoms with Gasteiger partial charge in [-0.05, 0) is 20.3 Å². The summed E-state index contributed by atoms with van der Waals surface area (Å²) in [5.74, 6) is 0.771. The Balaban J connectivity index is 2.17. The number of anilines is 1. The van der Waals surface area contributed by atoms with Gasteiger partial charge < -0.3 is 10.3 Å². The molecule has 0 aromatic carbocycles. The Morgan fingerprint density at radius 3 is 2.94 bits per heavy atom. The number of nitrogens with one attached hydrogen (secondary N) is 2. The summed E-state index contributed by atoms with van der Waals surface area (Å²) in [7, 11) is 0. The smallest absolute Gasteiger partial charge is 0.182 e. The van der Waals surface area contributed by atoms with Gasteiger partial charge in [0.1, 0.15) is 11.8 Å². The molecule has 0 amide bonds. The highest BCUT2D eigenvalue weighted by molar-refractivity contribution is 6.20. The van der Waals surface area contributed by atoms with E-state index >= 15 is 0 Å². The molecule has 2 aromatic rings. The number of rotatable bonds is 4. The standard InChI is InChI=1S/C10H14ClN5/c1-6(11)3-7(2)16-10-8-9(13-4-12-8)14-5-15-10/h4-7H,3H2,1-2H3,(H2,12,13,14,15,16). The Bertz CT molecular complexity index is 467. The van der Waals surface area contributed by atoms with Crippen LogP contribution in [0.5, 0.6) is 0 Å². The highest BCUT2D eigenvalue weighted by Gasteiger charge is 2.10. The van der Waals surface area contributed by atoms with Crippen LogP contribution in [-0.2, 0) is 0 Å². The van der Waals surface area contributed by atoms with Crippen LogP contribution in [0.15, 0.2) is 12.7 Å². The summed E-state index contributed by atoms with van der Waals surface area (Å²) in [5.41, 5.74) is 1.50. The molecule has 0 bridgehead atoms. The van der Waals surface area contributed by atoms with Crippen LogP contribution in [0.3, 0.4) is 0 Å². The van der Waals surface area contributed by atoms with Gasteiger partial charge in [-0.3, -0.25) is 0 Å². The summed E-state index contributed by atoms with van der Waals surface area (Å²) in [6.07, 6.45) is 3.99. The molecule has 2 aromatic heterocycles. The monoisotopic (exact) mass is 239 g/mol. The predicted molar refractivity (Wildman–Crippen MR) is 64.7 cm³/mol. The van der Waals surface area contributed by atoms with Crippen molar-refractivity contribution in [1.82, 2.24) is 19.9 Å². The topological polar surface area (TPSA) is 66.5 Å². The maximum absolute atomic E-state index is 5.94. The lowest BCUT2D eigenvalue weighted by molar-refractivity contribution is 0.694. The lowest BCUT2D eigenvalue weighted by Crippen LogP contribution is -2.19. The number of aromatic nitrogens is 4. The van der Waals surface area contributed by atoms with E-state index in [1.807, 2.05) is 6.92 Å². The highest BCUT2D eigenvalue weighted by Crippen LogP contribution is 2.17. The summed E-state index contributed by atoms with van der Waals surface area (Å²) in [6, 6.07) is 0.258. The molecular weight excluding hydrogens is 226 g/mol. The minimum absolute atomic E-state index is 0.140. The Morgan fingerprint density at radius 2 is 2.19 bits per heavy atom. The van der Waals surface area contributed by atoms with Gasteiger partial charge >= 0.3 is 0 Å². The van der Waals surface area contributed by atoms with E-state index in [4.69, 9.17) is 11.6 Å². The molecule has 0 aliphatic rings. The molecule has 2 N–H and O–H groups in total. The SMILES string of the molecule is CC(Cl)CC(C)Nc1ncnc2nc[nH]c12. The average molecular weight is 240 g/mol. The maximum atomic E-state index is 5.94. The second-order valence-corrected chi connectivity index (χ2v) is 4.63. The van der Waals surface area contributed by atoms with Crippen LogP contribution in [0.1, 0.15) is 20.3 Å². The van der Waals surface area contributed by atoms with Crippen molar-refractivity contribution in [3.8, 4) is 0 Å². The van der Waals surface area contributed by atoms with Gasteiger partial charge in [0, 0.05) is 11.4 Å². The van der Waals surface area contributed by atoms with Crippen LogP contribution in [0.25, 0.3) is 11.2 Å². The number of aromatic amines is 1. The summed E-state index contributed by atoms with van der Waals surface area (Å²) in [5, 5.41) is 3.44. The summed E-state index contributed by atoms with van der Waals surface area (Å²) < 4.78 is 0. The Hall–Kier alpha value is -1.36. The first-order valence-electron chi connectivity index (χ1n) is 5.21. The molecule has 2 atom stereocenters. The average Bonchev–Trinajstić information content (AvgIpc) is 2.65. The fraction of sp³-hybridized carbons (Fsp3) is 0.500. The first-order chi connectivity index (χ1) is 7.66. The molecule has 2 unspecified atom stereocenters. The lowest BCUT2D eigenvalue weighted by Gasteiger charge is -2.15. The molecule has 0 fully saturated rings. The number of H-pyrrole nitrogens is 1. The second-order valence-electron chi connectivity index (χ2n) is 3.89. The molecule has 2 rings (SSSR count). The van der Waals surface area contributed by atoms with Crippen molar-refractivity contribution in [2.75, 3.05) is 5.32 Å². The van der Waals surface area contributed by atoms with Gasteiger partial charge in [0.05, 0.1) is 6.33 Å². The molecule has 16 heavy (non-hydrogen) atoms. The Kier molecular flexibility index (Phi) is 3.24. The van der Waals surface area contributed by atoms with Gasteiger partial charge in [-0.2, -0.15) is 0 Å². The van der Waals surface area contributed by atoms with Gasteiger partial charge in [0.25, 0.3) is 0 Å². The zero-order valence-corrected chi connectivity index (χ0v) is 9.99. The first-order valence-corrected chi connectivity index (χ1v) is 5.65. The predicted octanol–water partition coefficient (Wildman–Crippen LogP) is 2.17. The molecule has 6 heteroatoms. The van der Waals surface area contributed by atoms with E-state index in [0.29, 0.717) is 5.65 Å². The van der Waals surface area contributed by atoms with E-state index in [1.54, 1.807) is 6.33 Å². The van der Waals surface area contributed by atoms with E-state index in [-0.39, 0.29) is 11.4 Å². The largest absolute Gasteiger partial charge is 0.366 e. The van der Waals surface area contributed by atoms with Crippen molar-refractivity contribution >= 4 is 28.6 Å². The molecule has 0 aliphatic heterocycles. The van der Waals surface area contributed by atoms with Crippen molar-refractivity contribution in [3.63, 3.8) is 0 Å². The summed E-state index contributed by atoms with van der Waals surface area (Å²) in [6.45, 7) is 4.05. The molecule has 5 nitrogen and oxygen atoms in total. The lowest BCUT2D eigenvalue weighted by atomic mass is 10.2. The number of hydrogen-bond acceptors (Lipinski definition) is 4. The first kappa shape index (κ1) is 11.1. The van der Waals surface area contributed by atoms with E-state index in [9.17, 15) is 0 Å². The fourth-order valence-electron chi connectivity index (χ4n) is 1.65. The van der Waals surface area contributed by atoms with Crippen molar-refractivity contribution in [1.29, 1.82) is 0 Å². The summed E-state index contributed by atoms with van der Waals surface area (Å²) >= 11 is 5.94. The van der Waals surface area contributed by atoms with Gasteiger partial charge in [-0.25, -0.2) is 15.0 Å². The third kappa shape index (κ3) is 2.41. The molecule has 0 spiro atoms. The van der Waals surface area contributed by atoms with Crippen LogP contribution < -0.4 is 5.32 Å². The number of halogens is 1. The third-order valence-electron chi connectivity index (χ3n) is 2.28. The van der Waals surface area contributed by atoms with E-state index in [2.05, 4.69) is 32.2 Å². The van der Waals surface area contributed by atoms with E-state index < -0.39 is 0 Å². The third-order valence-corrected chi connectivity index (χ3v) is 2.46. The van der Waals surface area contributed by atoms with Crippen LogP contribution >= 0.6 is 11.6 Å². The summed E-state index contributed by atoms with van der Waals surface area (Å²) in [4.78, 5) is 15.3. The number of hydrogen-bond donors (Lipinski definition) is 2. The van der Waals surface area contributed by atoms with Gasteiger partial charge in [-0.1, -0.05) is 0 Å². The van der Waals surface area contributed by atoms with E-state index in [0.717, 1.165) is 17.8 Å². The van der Waals surface area contributed by atoms with Gasteiger partial charge in [0.15, 0.2) is 11.5 Å². The minimum atomic E-state index is 0.140. The minimum Gasteiger partial charge on any atom is -0.366 e. The van der Waals surface area contributed by atoms with Gasteiger partial charge in [-0.15, -0.1) is 11.6 Å². The number of nitrogens with zero attached hydrogens (tertiary/aromatic N) is 3. The maximum Gasteiger partial charge on any atom is 0.182 e. The van der Waals surface area contributed by atoms with Crippen molar-refractivity contribution in [2.24, 2.45) is 0 Å². The van der Waals surface area contributed by atoms with Gasteiger partial charge in [0.2, 0.25) is 0 Å². The molecule has 2 heterocycles. The Morgan fingerprint density at radius 1 is 1.38 bits per heavy atom. The molecule has 0 saturated carbocycles. The molecule has 0 aliphatic carbocycles. The van der Waals surface area contributed by atoms with Crippen LogP contribution in [0, 0.1) is 0 Å². The zero-order chi connectivity index (χ0) is 11.5. The molecule has 0 radical (unpaired) electrons. The zero-order valence-electron chi connectivity index (χ0n) is 9.24. The molecule has 86 valence electrons. The highest BCUT2D eigenvalue weighted by atomic mass is 35.5. The van der Waals surface area contributed by atoms with Crippen molar-refractivity contribution in [3.05, 3.63) is 12.7 Å². The van der Waals surface area contributed by atoms with Crippen molar-refractivity contribution in [2.45, 2.75) is 31.7 Å². The van der Waals surface area contributed by atoms with E-state index in [1.165, 1.54) is 6.33 Å². The Labute approximate surface area is 98.7 Å². The van der Waals surface area contributed by atoms with Crippen molar-refractivity contribution < 1.29 is 0 Å². The van der Waals surface area contributed by atoms with Crippen LogP contribution in [-0.4, -0.2) is 31.4 Å².